The maximum Gasteiger partial charge on any atom is 0.228 e. The lowest BCUT2D eigenvalue weighted by Gasteiger charge is -2.04. The topological polar surface area (TPSA) is 55.1 Å². The molecule has 1 aromatic heterocycles. The summed E-state index contributed by atoms with van der Waals surface area (Å²) in [5, 5.41) is 2.92. The fraction of sp³-hybridized carbons (Fsp3) is 0.0909. The van der Waals surface area contributed by atoms with Gasteiger partial charge in [-0.3, -0.25) is 4.79 Å². The molecule has 1 heterocycles. The second kappa shape index (κ2) is 6.84. The first-order valence-electron chi connectivity index (χ1n) is 8.49. The summed E-state index contributed by atoms with van der Waals surface area (Å²) in [6, 6.07) is 23.1. The number of carbonyl (C=O) groups is 1. The van der Waals surface area contributed by atoms with E-state index in [0.29, 0.717) is 23.6 Å². The number of rotatable bonds is 4. The fourth-order valence-electron chi connectivity index (χ4n) is 2.92. The molecule has 128 valence electrons. The number of fused-ring (bicyclic) bond motifs is 1. The number of aryl methyl sites for hydroxylation is 1. The third-order valence-electron chi connectivity index (χ3n) is 4.25. The van der Waals surface area contributed by atoms with E-state index in [9.17, 15) is 4.79 Å². The molecule has 0 saturated carbocycles. The molecule has 0 fully saturated rings. The average Bonchev–Trinajstić information content (AvgIpc) is 3.06. The first-order valence-corrected chi connectivity index (χ1v) is 8.49. The molecule has 0 radical (unpaired) electrons. The molecule has 4 nitrogen and oxygen atoms in total. The normalized spacial score (nSPS) is 10.8. The van der Waals surface area contributed by atoms with Gasteiger partial charge in [0, 0.05) is 11.3 Å². The van der Waals surface area contributed by atoms with Crippen LogP contribution in [0.2, 0.25) is 0 Å². The summed E-state index contributed by atoms with van der Waals surface area (Å²) in [5.74, 6) is 0.532. The summed E-state index contributed by atoms with van der Waals surface area (Å²) >= 11 is 0. The summed E-state index contributed by atoms with van der Waals surface area (Å²) in [6.07, 6.45) is 0.339. The number of nitrogens with one attached hydrogen (secondary N) is 1. The maximum absolute atomic E-state index is 12.2. The van der Waals surface area contributed by atoms with Crippen molar-refractivity contribution in [3.8, 4) is 11.5 Å². The molecule has 0 unspecified atom stereocenters. The number of amides is 1. The van der Waals surface area contributed by atoms with E-state index in [1.165, 1.54) is 0 Å². The predicted octanol–water partition coefficient (Wildman–Crippen LogP) is 4.98. The minimum atomic E-state index is -0.0572. The molecule has 1 amide bonds. The Morgan fingerprint density at radius 1 is 1.00 bits per heavy atom. The van der Waals surface area contributed by atoms with Crippen molar-refractivity contribution in [2.75, 3.05) is 5.32 Å². The summed E-state index contributed by atoms with van der Waals surface area (Å²) < 4.78 is 5.87. The predicted molar refractivity (Wildman–Crippen MR) is 103 cm³/mol. The highest BCUT2D eigenvalue weighted by molar-refractivity contribution is 5.94. The van der Waals surface area contributed by atoms with Crippen LogP contribution in [0.25, 0.3) is 22.6 Å². The molecule has 4 heteroatoms. The minimum absolute atomic E-state index is 0.0572. The van der Waals surface area contributed by atoms with Crippen molar-refractivity contribution < 1.29 is 9.21 Å². The smallest absolute Gasteiger partial charge is 0.228 e. The molecule has 0 bridgehead atoms. The van der Waals surface area contributed by atoms with Crippen LogP contribution in [0.15, 0.2) is 77.2 Å². The van der Waals surface area contributed by atoms with Crippen molar-refractivity contribution in [1.29, 1.82) is 0 Å². The van der Waals surface area contributed by atoms with Crippen LogP contribution >= 0.6 is 0 Å². The molecule has 0 aliphatic rings. The lowest BCUT2D eigenvalue weighted by atomic mass is 10.1. The van der Waals surface area contributed by atoms with Gasteiger partial charge >= 0.3 is 0 Å². The highest BCUT2D eigenvalue weighted by Gasteiger charge is 2.11. The number of hydrogen-bond donors (Lipinski definition) is 1. The summed E-state index contributed by atoms with van der Waals surface area (Å²) in [7, 11) is 0. The van der Waals surface area contributed by atoms with Crippen LogP contribution in [-0.4, -0.2) is 10.9 Å². The Balaban J connectivity index is 1.56. The van der Waals surface area contributed by atoms with Crippen molar-refractivity contribution in [1.82, 2.24) is 4.98 Å². The zero-order valence-electron chi connectivity index (χ0n) is 14.4. The molecule has 4 rings (SSSR count). The van der Waals surface area contributed by atoms with Crippen LogP contribution < -0.4 is 5.32 Å². The Labute approximate surface area is 151 Å². The summed E-state index contributed by atoms with van der Waals surface area (Å²) in [6.45, 7) is 2.03. The van der Waals surface area contributed by atoms with Crippen molar-refractivity contribution in [3.05, 3.63) is 83.9 Å². The van der Waals surface area contributed by atoms with Crippen LogP contribution in [0.1, 0.15) is 11.1 Å². The number of hydrogen-bond acceptors (Lipinski definition) is 3. The minimum Gasteiger partial charge on any atom is -0.436 e. The van der Waals surface area contributed by atoms with Crippen LogP contribution in [0, 0.1) is 6.92 Å². The Kier molecular flexibility index (Phi) is 4.23. The van der Waals surface area contributed by atoms with E-state index >= 15 is 0 Å². The van der Waals surface area contributed by atoms with Crippen LogP contribution in [0.3, 0.4) is 0 Å². The van der Waals surface area contributed by atoms with Crippen molar-refractivity contribution in [2.45, 2.75) is 13.3 Å². The third-order valence-corrected chi connectivity index (χ3v) is 4.25. The first-order chi connectivity index (χ1) is 12.7. The average molecular weight is 342 g/mol. The molecule has 0 aliphatic carbocycles. The maximum atomic E-state index is 12.2. The third kappa shape index (κ3) is 3.35. The van der Waals surface area contributed by atoms with Crippen molar-refractivity contribution >= 4 is 22.7 Å². The van der Waals surface area contributed by atoms with Gasteiger partial charge in [0.05, 0.1) is 6.42 Å². The Hall–Kier alpha value is -3.40. The molecule has 26 heavy (non-hydrogen) atoms. The second-order valence-corrected chi connectivity index (χ2v) is 6.23. The molecule has 0 atom stereocenters. The fourth-order valence-corrected chi connectivity index (χ4v) is 2.92. The van der Waals surface area contributed by atoms with Gasteiger partial charge in [-0.15, -0.1) is 0 Å². The first kappa shape index (κ1) is 16.1. The van der Waals surface area contributed by atoms with E-state index in [0.717, 1.165) is 22.2 Å². The standard InChI is InChI=1S/C22H18N2O2/c1-15-7-5-6-10-18(15)22-24-19-14-17(11-12-20(19)26-22)23-21(25)13-16-8-3-2-4-9-16/h2-12,14H,13H2,1H3,(H,23,25). The van der Waals surface area contributed by atoms with Gasteiger partial charge in [0.1, 0.15) is 5.52 Å². The molecule has 0 saturated heterocycles. The molecule has 1 N–H and O–H groups in total. The highest BCUT2D eigenvalue weighted by atomic mass is 16.3. The number of carbonyl (C=O) groups excluding carboxylic acids is 1. The van der Waals surface area contributed by atoms with Gasteiger partial charge in [0.25, 0.3) is 0 Å². The number of benzene rings is 3. The van der Waals surface area contributed by atoms with Gasteiger partial charge in [-0.2, -0.15) is 0 Å². The van der Waals surface area contributed by atoms with Gasteiger partial charge < -0.3 is 9.73 Å². The second-order valence-electron chi connectivity index (χ2n) is 6.23. The van der Waals surface area contributed by atoms with E-state index in [-0.39, 0.29) is 5.91 Å². The van der Waals surface area contributed by atoms with Gasteiger partial charge in [-0.25, -0.2) is 4.98 Å². The number of oxazole rings is 1. The van der Waals surface area contributed by atoms with Crippen molar-refractivity contribution in [2.24, 2.45) is 0 Å². The summed E-state index contributed by atoms with van der Waals surface area (Å²) in [4.78, 5) is 16.8. The van der Waals surface area contributed by atoms with Crippen LogP contribution in [0.5, 0.6) is 0 Å². The van der Waals surface area contributed by atoms with E-state index in [1.807, 2.05) is 79.7 Å². The molecule has 3 aromatic carbocycles. The summed E-state index contributed by atoms with van der Waals surface area (Å²) in [5.41, 5.74) is 5.19. The van der Waals surface area contributed by atoms with Gasteiger partial charge in [0.2, 0.25) is 11.8 Å². The monoisotopic (exact) mass is 342 g/mol. The van der Waals surface area contributed by atoms with E-state index in [1.54, 1.807) is 0 Å². The number of aromatic nitrogens is 1. The van der Waals surface area contributed by atoms with E-state index in [4.69, 9.17) is 4.42 Å². The molecular formula is C22H18N2O2. The lowest BCUT2D eigenvalue weighted by molar-refractivity contribution is -0.115. The van der Waals surface area contributed by atoms with Gasteiger partial charge in [-0.1, -0.05) is 48.5 Å². The quantitative estimate of drug-likeness (QED) is 0.569. The molecule has 0 aliphatic heterocycles. The van der Waals surface area contributed by atoms with Gasteiger partial charge in [-0.05, 0) is 42.3 Å². The van der Waals surface area contributed by atoms with Crippen molar-refractivity contribution in [3.63, 3.8) is 0 Å². The zero-order chi connectivity index (χ0) is 17.9. The van der Waals surface area contributed by atoms with Crippen LogP contribution in [0.4, 0.5) is 5.69 Å². The molecule has 4 aromatic rings. The van der Waals surface area contributed by atoms with Crippen LogP contribution in [-0.2, 0) is 11.2 Å². The number of nitrogens with zero attached hydrogens (tertiary/aromatic N) is 1. The zero-order valence-corrected chi connectivity index (χ0v) is 14.4. The Bertz CT molecular complexity index is 1070. The van der Waals surface area contributed by atoms with E-state index in [2.05, 4.69) is 10.3 Å². The van der Waals surface area contributed by atoms with Gasteiger partial charge in [0.15, 0.2) is 5.58 Å². The number of anilines is 1. The SMILES string of the molecule is Cc1ccccc1-c1nc2cc(NC(=O)Cc3ccccc3)ccc2o1. The largest absolute Gasteiger partial charge is 0.436 e. The molecule has 0 spiro atoms. The molecular weight excluding hydrogens is 324 g/mol. The highest BCUT2D eigenvalue weighted by Crippen LogP contribution is 2.28. The Morgan fingerprint density at radius 2 is 1.77 bits per heavy atom. The Morgan fingerprint density at radius 3 is 2.58 bits per heavy atom. The van der Waals surface area contributed by atoms with E-state index < -0.39 is 0 Å². The lowest BCUT2D eigenvalue weighted by Crippen LogP contribution is -2.14.